The second-order valence-corrected chi connectivity index (χ2v) is 8.85. The van der Waals surface area contributed by atoms with Crippen molar-refractivity contribution in [1.82, 2.24) is 5.32 Å². The Morgan fingerprint density at radius 1 is 0.774 bits per heavy atom. The van der Waals surface area contributed by atoms with Crippen molar-refractivity contribution in [3.05, 3.63) is 0 Å². The highest BCUT2D eigenvalue weighted by Crippen LogP contribution is 2.19. The highest BCUT2D eigenvalue weighted by molar-refractivity contribution is 5.69. The summed E-state index contributed by atoms with van der Waals surface area (Å²) in [7, 11) is 0. The predicted molar refractivity (Wildman–Crippen MR) is 130 cm³/mol. The minimum absolute atomic E-state index is 0.0214. The summed E-state index contributed by atoms with van der Waals surface area (Å²) in [4.78, 5) is 12.1. The fraction of sp³-hybridized carbons (Fsp3) is 0.962. The standard InChI is InChI=1S/C26H53NO4/c1-3-5-7-9-10-13-17-25(16-12-8-6-4-2)24-31-26(29)18-14-11-15-19-27-20-22-30-23-21-28/h25,27-28H,3-24H2,1-2H3. The molecule has 5 nitrogen and oxygen atoms in total. The van der Waals surface area contributed by atoms with E-state index in [9.17, 15) is 4.79 Å². The number of aliphatic hydroxyl groups is 1. The van der Waals surface area contributed by atoms with Gasteiger partial charge >= 0.3 is 5.97 Å². The Labute approximate surface area is 193 Å². The molecule has 0 rings (SSSR count). The van der Waals surface area contributed by atoms with Gasteiger partial charge < -0.3 is 19.9 Å². The van der Waals surface area contributed by atoms with Crippen LogP contribution in [0.1, 0.15) is 117 Å². The Bertz CT molecular complexity index is 365. The van der Waals surface area contributed by atoms with Crippen LogP contribution in [-0.2, 0) is 14.3 Å². The molecule has 0 aliphatic rings. The lowest BCUT2D eigenvalue weighted by Gasteiger charge is -2.17. The van der Waals surface area contributed by atoms with E-state index in [0.29, 0.717) is 32.2 Å². The fourth-order valence-corrected chi connectivity index (χ4v) is 3.80. The van der Waals surface area contributed by atoms with Crippen molar-refractivity contribution >= 4 is 5.97 Å². The van der Waals surface area contributed by atoms with Crippen molar-refractivity contribution in [1.29, 1.82) is 0 Å². The van der Waals surface area contributed by atoms with Crippen LogP contribution in [0, 0.1) is 5.92 Å². The van der Waals surface area contributed by atoms with E-state index >= 15 is 0 Å². The molecule has 0 aromatic heterocycles. The Kier molecular flexibility index (Phi) is 25.1. The van der Waals surface area contributed by atoms with Crippen molar-refractivity contribution in [3.63, 3.8) is 0 Å². The smallest absolute Gasteiger partial charge is 0.305 e. The summed E-state index contributed by atoms with van der Waals surface area (Å²) in [6.45, 7) is 7.99. The van der Waals surface area contributed by atoms with Crippen molar-refractivity contribution < 1.29 is 19.4 Å². The van der Waals surface area contributed by atoms with Crippen molar-refractivity contribution in [2.45, 2.75) is 117 Å². The van der Waals surface area contributed by atoms with E-state index in [1.165, 1.54) is 77.0 Å². The molecular formula is C26H53NO4. The molecule has 0 saturated heterocycles. The average molecular weight is 444 g/mol. The molecular weight excluding hydrogens is 390 g/mol. The lowest BCUT2D eigenvalue weighted by Crippen LogP contribution is -2.21. The van der Waals surface area contributed by atoms with Gasteiger partial charge in [0.05, 0.1) is 26.4 Å². The molecule has 0 amide bonds. The van der Waals surface area contributed by atoms with Crippen LogP contribution in [0.4, 0.5) is 0 Å². The minimum Gasteiger partial charge on any atom is -0.465 e. The monoisotopic (exact) mass is 443 g/mol. The molecule has 186 valence electrons. The van der Waals surface area contributed by atoms with Crippen LogP contribution in [0.25, 0.3) is 0 Å². The van der Waals surface area contributed by atoms with Gasteiger partial charge in [-0.15, -0.1) is 0 Å². The molecule has 0 aromatic rings. The van der Waals surface area contributed by atoms with E-state index in [0.717, 1.165) is 32.4 Å². The normalized spacial score (nSPS) is 12.2. The molecule has 2 N–H and O–H groups in total. The summed E-state index contributed by atoms with van der Waals surface area (Å²) >= 11 is 0. The third-order valence-electron chi connectivity index (χ3n) is 5.81. The zero-order valence-corrected chi connectivity index (χ0v) is 20.8. The second-order valence-electron chi connectivity index (χ2n) is 8.85. The molecule has 0 aliphatic heterocycles. The Balaban J connectivity index is 3.79. The number of rotatable bonds is 25. The number of hydrogen-bond acceptors (Lipinski definition) is 5. The number of hydrogen-bond donors (Lipinski definition) is 2. The first kappa shape index (κ1) is 30.4. The molecule has 31 heavy (non-hydrogen) atoms. The van der Waals surface area contributed by atoms with Gasteiger partial charge in [0.2, 0.25) is 0 Å². The number of carbonyl (C=O) groups is 1. The van der Waals surface area contributed by atoms with Crippen LogP contribution in [0.3, 0.4) is 0 Å². The second kappa shape index (κ2) is 25.6. The van der Waals surface area contributed by atoms with E-state index in [1.54, 1.807) is 0 Å². The van der Waals surface area contributed by atoms with E-state index in [2.05, 4.69) is 19.2 Å². The summed E-state index contributed by atoms with van der Waals surface area (Å²) < 4.78 is 10.8. The molecule has 0 aromatic carbocycles. The summed E-state index contributed by atoms with van der Waals surface area (Å²) in [6, 6.07) is 0. The molecule has 0 bridgehead atoms. The lowest BCUT2D eigenvalue weighted by molar-refractivity contribution is -0.145. The molecule has 0 heterocycles. The number of unbranched alkanes of at least 4 members (excludes halogenated alkanes) is 10. The van der Waals surface area contributed by atoms with Crippen molar-refractivity contribution in [2.24, 2.45) is 5.92 Å². The average Bonchev–Trinajstić information content (AvgIpc) is 2.78. The maximum absolute atomic E-state index is 12.1. The van der Waals surface area contributed by atoms with Crippen LogP contribution in [-0.4, -0.2) is 50.6 Å². The van der Waals surface area contributed by atoms with Crippen LogP contribution >= 0.6 is 0 Å². The lowest BCUT2D eigenvalue weighted by atomic mass is 9.95. The largest absolute Gasteiger partial charge is 0.465 e. The molecule has 0 spiro atoms. The molecule has 0 fully saturated rings. The van der Waals surface area contributed by atoms with E-state index in [1.807, 2.05) is 0 Å². The van der Waals surface area contributed by atoms with Gasteiger partial charge in [-0.25, -0.2) is 0 Å². The van der Waals surface area contributed by atoms with Gasteiger partial charge in [-0.05, 0) is 38.1 Å². The van der Waals surface area contributed by atoms with Crippen molar-refractivity contribution in [3.8, 4) is 0 Å². The molecule has 1 atom stereocenters. The first-order valence-electron chi connectivity index (χ1n) is 13.3. The Morgan fingerprint density at radius 2 is 1.39 bits per heavy atom. The Hall–Kier alpha value is -0.650. The molecule has 1 unspecified atom stereocenters. The van der Waals surface area contributed by atoms with E-state index in [-0.39, 0.29) is 12.6 Å². The van der Waals surface area contributed by atoms with Gasteiger partial charge in [0, 0.05) is 13.0 Å². The number of carbonyl (C=O) groups excluding carboxylic acids is 1. The SMILES string of the molecule is CCCCCCCCC(CCCCCC)COC(=O)CCCCCNCCOCCO. The third-order valence-corrected chi connectivity index (χ3v) is 5.81. The van der Waals surface area contributed by atoms with Crippen LogP contribution in [0.15, 0.2) is 0 Å². The van der Waals surface area contributed by atoms with Gasteiger partial charge in [0.15, 0.2) is 0 Å². The highest BCUT2D eigenvalue weighted by atomic mass is 16.5. The van der Waals surface area contributed by atoms with Gasteiger partial charge in [-0.2, -0.15) is 0 Å². The molecule has 0 radical (unpaired) electrons. The Morgan fingerprint density at radius 3 is 2.06 bits per heavy atom. The summed E-state index contributed by atoms with van der Waals surface area (Å²) in [5.74, 6) is 0.524. The molecule has 5 heteroatoms. The molecule has 0 aliphatic carbocycles. The van der Waals surface area contributed by atoms with Gasteiger partial charge in [-0.3, -0.25) is 4.79 Å². The van der Waals surface area contributed by atoms with Crippen LogP contribution in [0.5, 0.6) is 0 Å². The maximum atomic E-state index is 12.1. The van der Waals surface area contributed by atoms with Gasteiger partial charge in [0.1, 0.15) is 0 Å². The number of esters is 1. The van der Waals surface area contributed by atoms with Gasteiger partial charge in [-0.1, -0.05) is 84.5 Å². The third kappa shape index (κ3) is 23.8. The highest BCUT2D eigenvalue weighted by Gasteiger charge is 2.12. The maximum Gasteiger partial charge on any atom is 0.305 e. The summed E-state index contributed by atoms with van der Waals surface area (Å²) in [6.07, 6.45) is 19.1. The first-order valence-corrected chi connectivity index (χ1v) is 13.3. The minimum atomic E-state index is -0.0214. The van der Waals surface area contributed by atoms with Crippen LogP contribution in [0.2, 0.25) is 0 Å². The predicted octanol–water partition coefficient (Wildman–Crippen LogP) is 6.03. The zero-order chi connectivity index (χ0) is 22.8. The zero-order valence-electron chi connectivity index (χ0n) is 20.8. The quantitative estimate of drug-likeness (QED) is 0.133. The number of nitrogens with one attached hydrogen (secondary N) is 1. The molecule has 0 saturated carbocycles. The van der Waals surface area contributed by atoms with Gasteiger partial charge in [0.25, 0.3) is 0 Å². The first-order chi connectivity index (χ1) is 15.2. The topological polar surface area (TPSA) is 67.8 Å². The van der Waals surface area contributed by atoms with Crippen molar-refractivity contribution in [2.75, 3.05) is 39.5 Å². The van der Waals surface area contributed by atoms with E-state index < -0.39 is 0 Å². The summed E-state index contributed by atoms with van der Waals surface area (Å²) in [5, 5.41) is 11.9. The number of aliphatic hydroxyl groups excluding tert-OH is 1. The fourth-order valence-electron chi connectivity index (χ4n) is 3.80. The summed E-state index contributed by atoms with van der Waals surface area (Å²) in [5.41, 5.74) is 0. The van der Waals surface area contributed by atoms with E-state index in [4.69, 9.17) is 14.6 Å². The van der Waals surface area contributed by atoms with Crippen LogP contribution < -0.4 is 5.32 Å². The number of ether oxygens (including phenoxy) is 2.